The van der Waals surface area contributed by atoms with Crippen LogP contribution >= 0.6 is 7.82 Å². The van der Waals surface area contributed by atoms with Crippen molar-refractivity contribution in [2.45, 2.75) is 456 Å². The normalized spacial score (nSPS) is 13.5. The van der Waals surface area contributed by atoms with Gasteiger partial charge in [-0.1, -0.05) is 431 Å². The molecule has 0 aromatic rings. The fourth-order valence-corrected chi connectivity index (χ4v) is 13.7. The second kappa shape index (κ2) is 71.5. The van der Waals surface area contributed by atoms with Gasteiger partial charge in [-0.15, -0.1) is 0 Å². The minimum Gasteiger partial charge on any atom is -0.387 e. The van der Waals surface area contributed by atoms with E-state index < -0.39 is 20.0 Å². The van der Waals surface area contributed by atoms with Gasteiger partial charge in [0.1, 0.15) is 13.2 Å². The fourth-order valence-electron chi connectivity index (χ4n) is 13.0. The summed E-state index contributed by atoms with van der Waals surface area (Å²) in [6.07, 6.45) is 94.2. The third kappa shape index (κ3) is 74.5. The van der Waals surface area contributed by atoms with Crippen molar-refractivity contribution >= 4 is 13.7 Å². The van der Waals surface area contributed by atoms with E-state index in [0.29, 0.717) is 17.4 Å². The molecule has 0 bridgehead atoms. The van der Waals surface area contributed by atoms with Crippen LogP contribution in [0, 0.1) is 0 Å². The first-order valence-corrected chi connectivity index (χ1v) is 42.1. The molecule has 0 aromatic heterocycles. The van der Waals surface area contributed by atoms with E-state index >= 15 is 0 Å². The number of allylic oxidation sites excluding steroid dienone is 1. The van der Waals surface area contributed by atoms with E-state index in [-0.39, 0.29) is 19.1 Å². The third-order valence-electron chi connectivity index (χ3n) is 19.3. The van der Waals surface area contributed by atoms with Crippen molar-refractivity contribution in [3.8, 4) is 0 Å². The Kier molecular flexibility index (Phi) is 70.9. The van der Waals surface area contributed by atoms with Crippen molar-refractivity contribution in [2.75, 3.05) is 40.9 Å². The highest BCUT2D eigenvalue weighted by Crippen LogP contribution is 2.43. The summed E-state index contributed by atoms with van der Waals surface area (Å²) in [6.45, 7) is 4.90. The predicted molar refractivity (Wildman–Crippen MR) is 392 cm³/mol. The summed E-state index contributed by atoms with van der Waals surface area (Å²) < 4.78 is 23.9. The molecule has 0 heterocycles. The number of hydrogen-bond acceptors (Lipinski definition) is 5. The predicted octanol–water partition coefficient (Wildman–Crippen LogP) is 26.4. The van der Waals surface area contributed by atoms with Crippen molar-refractivity contribution in [1.82, 2.24) is 5.32 Å². The van der Waals surface area contributed by atoms with Crippen molar-refractivity contribution in [2.24, 2.45) is 0 Å². The lowest BCUT2D eigenvalue weighted by atomic mass is 10.0. The second-order valence-electron chi connectivity index (χ2n) is 29.5. The van der Waals surface area contributed by atoms with Crippen LogP contribution in [0.2, 0.25) is 0 Å². The number of rotatable bonds is 77. The monoisotopic (exact) mass is 1280 g/mol. The van der Waals surface area contributed by atoms with Gasteiger partial charge in [-0.3, -0.25) is 13.8 Å². The van der Waals surface area contributed by atoms with Crippen molar-refractivity contribution < 1.29 is 32.9 Å². The van der Waals surface area contributed by atoms with Gasteiger partial charge in [0, 0.05) is 6.42 Å². The number of phosphoric ester groups is 1. The van der Waals surface area contributed by atoms with Crippen LogP contribution in [0.3, 0.4) is 0 Å². The largest absolute Gasteiger partial charge is 0.472 e. The number of carbonyl (C=O) groups excluding carboxylic acids is 1. The molecule has 0 aromatic carbocycles. The zero-order valence-corrected chi connectivity index (χ0v) is 62.1. The Balaban J connectivity index is 3.92. The molecule has 532 valence electrons. The van der Waals surface area contributed by atoms with Gasteiger partial charge in [0.25, 0.3) is 0 Å². The van der Waals surface area contributed by atoms with Crippen LogP contribution in [0.5, 0.6) is 0 Å². The van der Waals surface area contributed by atoms with Crippen molar-refractivity contribution in [3.05, 3.63) is 12.2 Å². The summed E-state index contributed by atoms with van der Waals surface area (Å²) >= 11 is 0. The molecule has 8 nitrogen and oxygen atoms in total. The van der Waals surface area contributed by atoms with Gasteiger partial charge in [-0.05, 0) is 19.3 Å². The molecule has 0 radical (unpaired) electrons. The molecule has 3 atom stereocenters. The molecular formula is C80H162N2O6P+. The Morgan fingerprint density at radius 3 is 0.831 bits per heavy atom. The molecule has 0 aliphatic carbocycles. The number of nitrogens with one attached hydrogen (secondary N) is 1. The maximum Gasteiger partial charge on any atom is 0.472 e. The number of aliphatic hydroxyl groups excluding tert-OH is 1. The van der Waals surface area contributed by atoms with Crippen LogP contribution in [0.25, 0.3) is 0 Å². The molecular weight excluding hydrogens is 1120 g/mol. The fraction of sp³-hybridized carbons (Fsp3) is 0.963. The second-order valence-corrected chi connectivity index (χ2v) is 31.0. The number of phosphoric acid groups is 1. The topological polar surface area (TPSA) is 105 Å². The van der Waals surface area contributed by atoms with Crippen LogP contribution in [0.1, 0.15) is 444 Å². The summed E-state index contributed by atoms with van der Waals surface area (Å²) in [6, 6.07) is -0.845. The van der Waals surface area contributed by atoms with E-state index in [1.807, 2.05) is 27.2 Å². The number of unbranched alkanes of at least 4 members (excludes halogenated alkanes) is 64. The first-order valence-electron chi connectivity index (χ1n) is 40.6. The molecule has 9 heteroatoms. The zero-order valence-electron chi connectivity index (χ0n) is 61.2. The van der Waals surface area contributed by atoms with Crippen molar-refractivity contribution in [3.63, 3.8) is 0 Å². The van der Waals surface area contributed by atoms with Gasteiger partial charge in [-0.2, -0.15) is 0 Å². The van der Waals surface area contributed by atoms with Gasteiger partial charge in [0.2, 0.25) is 5.91 Å². The van der Waals surface area contributed by atoms with Gasteiger partial charge < -0.3 is 19.8 Å². The number of quaternary nitrogens is 1. The number of carbonyl (C=O) groups is 1. The van der Waals surface area contributed by atoms with Crippen molar-refractivity contribution in [1.29, 1.82) is 0 Å². The van der Waals surface area contributed by atoms with E-state index in [0.717, 1.165) is 32.1 Å². The molecule has 3 unspecified atom stereocenters. The molecule has 1 amide bonds. The SMILES string of the molecule is CCCCCCCCCCCCCCCCCCCCCCCCCCCCCCC/C=C/C(O)C(COP(=O)(O)OCC[N+](C)(C)C)NC(=O)CCCCCCCCCCCCCCCCCCCCCCCCCCCCCCCCCCCCCC. The Hall–Kier alpha value is -0.760. The summed E-state index contributed by atoms with van der Waals surface area (Å²) in [4.78, 5) is 23.5. The molecule has 89 heavy (non-hydrogen) atoms. The average molecular weight is 1280 g/mol. The van der Waals surface area contributed by atoms with Gasteiger partial charge in [-0.25, -0.2) is 4.57 Å². The lowest BCUT2D eigenvalue weighted by Crippen LogP contribution is -2.45. The summed E-state index contributed by atoms with van der Waals surface area (Å²) in [5, 5.41) is 14.1. The van der Waals surface area contributed by atoms with Gasteiger partial charge >= 0.3 is 7.82 Å². The highest BCUT2D eigenvalue weighted by Gasteiger charge is 2.28. The number of hydrogen-bond donors (Lipinski definition) is 3. The molecule has 3 N–H and O–H groups in total. The van der Waals surface area contributed by atoms with Crippen LogP contribution in [0.4, 0.5) is 0 Å². The van der Waals surface area contributed by atoms with Crippen LogP contribution < -0.4 is 5.32 Å². The Morgan fingerprint density at radius 1 is 0.371 bits per heavy atom. The van der Waals surface area contributed by atoms with E-state index in [2.05, 4.69) is 19.2 Å². The minimum atomic E-state index is -4.35. The average Bonchev–Trinajstić information content (AvgIpc) is 3.69. The molecule has 0 rings (SSSR count). The quantitative estimate of drug-likeness (QED) is 0.0243. The van der Waals surface area contributed by atoms with Gasteiger partial charge in [0.05, 0.1) is 39.9 Å². The van der Waals surface area contributed by atoms with E-state index in [9.17, 15) is 19.4 Å². The molecule has 0 saturated heterocycles. The number of nitrogens with zero attached hydrogens (tertiary/aromatic N) is 1. The molecule has 0 aliphatic heterocycles. The Labute approximate surface area is 558 Å². The van der Waals surface area contributed by atoms with Crippen LogP contribution in [-0.4, -0.2) is 73.4 Å². The molecule has 0 spiro atoms. The maximum atomic E-state index is 13.1. The van der Waals surface area contributed by atoms with Crippen LogP contribution in [0.15, 0.2) is 12.2 Å². The maximum absolute atomic E-state index is 13.1. The molecule has 0 fully saturated rings. The summed E-state index contributed by atoms with van der Waals surface area (Å²) in [7, 11) is 1.60. The van der Waals surface area contributed by atoms with Gasteiger partial charge in [0.15, 0.2) is 0 Å². The first-order chi connectivity index (χ1) is 43.5. The van der Waals surface area contributed by atoms with E-state index in [1.54, 1.807) is 6.08 Å². The summed E-state index contributed by atoms with van der Waals surface area (Å²) in [5.74, 6) is -0.165. The highest BCUT2D eigenvalue weighted by molar-refractivity contribution is 7.47. The molecule has 0 aliphatic rings. The Morgan fingerprint density at radius 2 is 0.596 bits per heavy atom. The minimum absolute atomic E-state index is 0.0657. The van der Waals surface area contributed by atoms with Crippen LogP contribution in [-0.2, 0) is 18.4 Å². The lowest BCUT2D eigenvalue weighted by molar-refractivity contribution is -0.870. The lowest BCUT2D eigenvalue weighted by Gasteiger charge is -2.25. The number of likely N-dealkylation sites (N-methyl/N-ethyl adjacent to an activating group) is 1. The third-order valence-corrected chi connectivity index (χ3v) is 20.2. The van der Waals surface area contributed by atoms with E-state index in [4.69, 9.17) is 9.05 Å². The van der Waals surface area contributed by atoms with E-state index in [1.165, 1.54) is 392 Å². The molecule has 0 saturated carbocycles. The Bertz CT molecular complexity index is 1460. The standard InChI is InChI=1S/C80H161N2O6P/c1-6-8-10-12-14-16-18-20-22-24-26-28-30-32-34-36-38-39-40-41-42-44-46-48-50-52-54-56-58-60-62-64-66-68-70-72-74-80(84)81-78(77-88-89(85,86)87-76-75-82(3,4)5)79(83)73-71-69-67-65-63-61-59-57-55-53-51-49-47-45-43-37-35-33-31-29-27-25-23-21-19-17-15-13-11-9-7-2/h71,73,78-79,83H,6-70,72,74-77H2,1-5H3,(H-,81,84,85,86)/p+1/b73-71+. The zero-order chi connectivity index (χ0) is 64.8. The summed E-state index contributed by atoms with van der Waals surface area (Å²) in [5.41, 5.74) is 0. The number of amides is 1. The smallest absolute Gasteiger partial charge is 0.387 e. The highest BCUT2D eigenvalue weighted by atomic mass is 31.2. The number of aliphatic hydroxyl groups is 1. The first kappa shape index (κ1) is 88.2.